The van der Waals surface area contributed by atoms with Crippen molar-refractivity contribution in [1.82, 2.24) is 0 Å². The quantitative estimate of drug-likeness (QED) is 0.834. The van der Waals surface area contributed by atoms with E-state index in [-0.39, 0.29) is 5.96 Å². The van der Waals surface area contributed by atoms with Crippen molar-refractivity contribution < 1.29 is 0 Å². The van der Waals surface area contributed by atoms with E-state index in [2.05, 4.69) is 16.8 Å². The van der Waals surface area contributed by atoms with Crippen molar-refractivity contribution in [3.8, 4) is 0 Å². The standard InChI is InChI=1S/C16H22ClN5/c1-10-6-7-12(17)11(2)13(10)22-15(19)20-14(18)21-16(22)8-4-3-5-9-16/h6-7H,3-5,8-9H2,1-2H3,(H4,18,19,20,21). The summed E-state index contributed by atoms with van der Waals surface area (Å²) in [7, 11) is 0. The number of aliphatic imine (C=N–C) groups is 2. The second kappa shape index (κ2) is 5.47. The maximum Gasteiger partial charge on any atom is 0.220 e. The lowest BCUT2D eigenvalue weighted by molar-refractivity contribution is 0.305. The minimum atomic E-state index is -0.422. The maximum atomic E-state index is 6.34. The molecule has 1 aromatic carbocycles. The Balaban J connectivity index is 2.19. The van der Waals surface area contributed by atoms with Gasteiger partial charge >= 0.3 is 0 Å². The molecule has 22 heavy (non-hydrogen) atoms. The summed E-state index contributed by atoms with van der Waals surface area (Å²) in [6.07, 6.45) is 5.29. The number of halogens is 1. The summed E-state index contributed by atoms with van der Waals surface area (Å²) in [4.78, 5) is 11.0. The van der Waals surface area contributed by atoms with Gasteiger partial charge in [0, 0.05) is 5.02 Å². The second-order valence-electron chi connectivity index (χ2n) is 6.16. The van der Waals surface area contributed by atoms with Crippen LogP contribution in [0.2, 0.25) is 5.02 Å². The number of benzene rings is 1. The molecule has 0 radical (unpaired) electrons. The first kappa shape index (κ1) is 15.2. The molecule has 3 rings (SSSR count). The lowest BCUT2D eigenvalue weighted by Gasteiger charge is -2.46. The van der Waals surface area contributed by atoms with Crippen molar-refractivity contribution in [2.45, 2.75) is 51.6 Å². The Labute approximate surface area is 136 Å². The molecule has 0 atom stereocenters. The van der Waals surface area contributed by atoms with Crippen molar-refractivity contribution in [2.24, 2.45) is 21.5 Å². The highest BCUT2D eigenvalue weighted by Gasteiger charge is 2.43. The van der Waals surface area contributed by atoms with Crippen LogP contribution in [0, 0.1) is 13.8 Å². The number of hydrogen-bond donors (Lipinski definition) is 2. The first-order valence-electron chi connectivity index (χ1n) is 7.70. The minimum absolute atomic E-state index is 0.271. The van der Waals surface area contributed by atoms with Crippen LogP contribution in [-0.2, 0) is 0 Å². The topological polar surface area (TPSA) is 80.0 Å². The zero-order chi connectivity index (χ0) is 15.9. The van der Waals surface area contributed by atoms with Gasteiger partial charge in [-0.15, -0.1) is 0 Å². The van der Waals surface area contributed by atoms with Gasteiger partial charge in [0.25, 0.3) is 0 Å². The van der Waals surface area contributed by atoms with Crippen molar-refractivity contribution in [1.29, 1.82) is 0 Å². The van der Waals surface area contributed by atoms with Crippen molar-refractivity contribution in [2.75, 3.05) is 4.90 Å². The van der Waals surface area contributed by atoms with Crippen LogP contribution in [0.5, 0.6) is 0 Å². The molecule has 2 aliphatic rings. The van der Waals surface area contributed by atoms with Crippen LogP contribution < -0.4 is 16.4 Å². The van der Waals surface area contributed by atoms with E-state index in [0.29, 0.717) is 5.96 Å². The SMILES string of the molecule is Cc1ccc(Cl)c(C)c1N1C(N)=NC(N)=NC12CCCCC2. The summed E-state index contributed by atoms with van der Waals surface area (Å²) >= 11 is 6.34. The first-order valence-corrected chi connectivity index (χ1v) is 8.08. The number of hydrogen-bond acceptors (Lipinski definition) is 5. The van der Waals surface area contributed by atoms with E-state index in [1.54, 1.807) is 0 Å². The number of rotatable bonds is 1. The third-order valence-electron chi connectivity index (χ3n) is 4.64. The van der Waals surface area contributed by atoms with Crippen molar-refractivity contribution >= 4 is 29.2 Å². The second-order valence-corrected chi connectivity index (χ2v) is 6.56. The Kier molecular flexibility index (Phi) is 3.77. The van der Waals surface area contributed by atoms with Gasteiger partial charge in [-0.05, 0) is 56.7 Å². The largest absolute Gasteiger partial charge is 0.369 e. The number of guanidine groups is 2. The fourth-order valence-electron chi connectivity index (χ4n) is 3.60. The van der Waals surface area contributed by atoms with Gasteiger partial charge in [-0.2, -0.15) is 4.99 Å². The average molecular weight is 320 g/mol. The molecule has 4 N–H and O–H groups in total. The van der Waals surface area contributed by atoms with Crippen LogP contribution in [-0.4, -0.2) is 17.6 Å². The molecule has 1 fully saturated rings. The van der Waals surface area contributed by atoms with Crippen LogP contribution in [0.1, 0.15) is 43.2 Å². The van der Waals surface area contributed by atoms with Gasteiger partial charge in [0.15, 0.2) is 0 Å². The van der Waals surface area contributed by atoms with Gasteiger partial charge in [0.2, 0.25) is 11.9 Å². The van der Waals surface area contributed by atoms with Crippen LogP contribution in [0.25, 0.3) is 0 Å². The third kappa shape index (κ3) is 2.33. The minimum Gasteiger partial charge on any atom is -0.369 e. The predicted octanol–water partition coefficient (Wildman–Crippen LogP) is 3.07. The molecule has 0 aromatic heterocycles. The van der Waals surface area contributed by atoms with Crippen molar-refractivity contribution in [3.63, 3.8) is 0 Å². The number of aryl methyl sites for hydroxylation is 1. The van der Waals surface area contributed by atoms with Crippen LogP contribution in [0.15, 0.2) is 22.1 Å². The van der Waals surface area contributed by atoms with E-state index in [1.807, 2.05) is 19.1 Å². The highest BCUT2D eigenvalue weighted by atomic mass is 35.5. The molecule has 0 saturated heterocycles. The zero-order valence-corrected chi connectivity index (χ0v) is 13.8. The monoisotopic (exact) mass is 319 g/mol. The van der Waals surface area contributed by atoms with E-state index in [1.165, 1.54) is 6.42 Å². The Morgan fingerprint density at radius 2 is 1.82 bits per heavy atom. The van der Waals surface area contributed by atoms with Crippen LogP contribution >= 0.6 is 11.6 Å². The zero-order valence-electron chi connectivity index (χ0n) is 13.1. The highest BCUT2D eigenvalue weighted by Crippen LogP contribution is 2.42. The molecule has 1 spiro atoms. The summed E-state index contributed by atoms with van der Waals surface area (Å²) in [5, 5.41) is 0.724. The number of nitrogens with two attached hydrogens (primary N) is 2. The van der Waals surface area contributed by atoms with Gasteiger partial charge in [0.05, 0.1) is 5.69 Å². The van der Waals surface area contributed by atoms with E-state index < -0.39 is 5.66 Å². The molecule has 0 bridgehead atoms. The smallest absolute Gasteiger partial charge is 0.220 e. The number of nitrogens with zero attached hydrogens (tertiary/aromatic N) is 3. The highest BCUT2D eigenvalue weighted by molar-refractivity contribution is 6.32. The number of anilines is 1. The van der Waals surface area contributed by atoms with E-state index >= 15 is 0 Å². The van der Waals surface area contributed by atoms with Gasteiger partial charge in [-0.25, -0.2) is 4.99 Å². The molecule has 1 aliphatic heterocycles. The summed E-state index contributed by atoms with van der Waals surface area (Å²) in [5.41, 5.74) is 14.9. The lowest BCUT2D eigenvalue weighted by atomic mass is 9.86. The van der Waals surface area contributed by atoms with E-state index in [4.69, 9.17) is 28.1 Å². The molecular weight excluding hydrogens is 298 g/mol. The van der Waals surface area contributed by atoms with Gasteiger partial charge < -0.3 is 11.5 Å². The Morgan fingerprint density at radius 1 is 1.14 bits per heavy atom. The Bertz CT molecular complexity index is 659. The van der Waals surface area contributed by atoms with E-state index in [9.17, 15) is 0 Å². The lowest BCUT2D eigenvalue weighted by Crippen LogP contribution is -2.58. The molecular formula is C16H22ClN5. The summed E-state index contributed by atoms with van der Waals surface area (Å²) < 4.78 is 0. The molecule has 1 saturated carbocycles. The molecule has 1 aromatic rings. The van der Waals surface area contributed by atoms with Crippen LogP contribution in [0.4, 0.5) is 5.69 Å². The average Bonchev–Trinajstić information content (AvgIpc) is 2.47. The van der Waals surface area contributed by atoms with Gasteiger partial charge in [0.1, 0.15) is 5.66 Å². The molecule has 1 heterocycles. The molecule has 0 unspecified atom stereocenters. The molecule has 0 amide bonds. The molecule has 118 valence electrons. The fraction of sp³-hybridized carbons (Fsp3) is 0.500. The Morgan fingerprint density at radius 3 is 2.50 bits per heavy atom. The fourth-order valence-corrected chi connectivity index (χ4v) is 3.75. The van der Waals surface area contributed by atoms with E-state index in [0.717, 1.165) is 47.5 Å². The molecule has 6 heteroatoms. The molecule has 5 nitrogen and oxygen atoms in total. The maximum absolute atomic E-state index is 6.34. The normalized spacial score (nSPS) is 20.8. The van der Waals surface area contributed by atoms with Crippen LogP contribution in [0.3, 0.4) is 0 Å². The third-order valence-corrected chi connectivity index (χ3v) is 5.05. The Hall–Kier alpha value is -1.75. The summed E-state index contributed by atoms with van der Waals surface area (Å²) in [5.74, 6) is 0.677. The predicted molar refractivity (Wildman–Crippen MR) is 92.5 cm³/mol. The summed E-state index contributed by atoms with van der Waals surface area (Å²) in [6.45, 7) is 4.07. The first-order chi connectivity index (χ1) is 10.4. The van der Waals surface area contributed by atoms with Crippen molar-refractivity contribution in [3.05, 3.63) is 28.3 Å². The molecule has 1 aliphatic carbocycles. The van der Waals surface area contributed by atoms with Gasteiger partial charge in [-0.3, -0.25) is 4.90 Å². The summed E-state index contributed by atoms with van der Waals surface area (Å²) in [6, 6.07) is 3.92. The van der Waals surface area contributed by atoms with Gasteiger partial charge in [-0.1, -0.05) is 24.1 Å².